The van der Waals surface area contributed by atoms with Crippen molar-refractivity contribution in [3.63, 3.8) is 0 Å². The molecule has 6 nitrogen and oxygen atoms in total. The Balaban J connectivity index is 1.68. The van der Waals surface area contributed by atoms with Gasteiger partial charge >= 0.3 is 0 Å². The second-order valence-corrected chi connectivity index (χ2v) is 7.35. The summed E-state index contributed by atoms with van der Waals surface area (Å²) in [7, 11) is 1.43. The number of fused-ring (bicyclic) bond motifs is 1. The van der Waals surface area contributed by atoms with E-state index in [9.17, 15) is 14.4 Å². The summed E-state index contributed by atoms with van der Waals surface area (Å²) in [5, 5.41) is 2.43. The monoisotopic (exact) mass is 403 g/mol. The summed E-state index contributed by atoms with van der Waals surface area (Å²) in [6.07, 6.45) is 1.62. The number of imide groups is 1. The number of carbonyl (C=O) groups excluding carboxylic acids is 3. The molecule has 0 bridgehead atoms. The molecule has 144 valence electrons. The molecule has 0 spiro atoms. The Morgan fingerprint density at radius 3 is 2.59 bits per heavy atom. The summed E-state index contributed by atoms with van der Waals surface area (Å²) in [4.78, 5) is 44.7. The van der Waals surface area contributed by atoms with Crippen LogP contribution >= 0.6 is 11.3 Å². The molecule has 3 amide bonds. The Morgan fingerprint density at radius 1 is 1.14 bits per heavy atom. The highest BCUT2D eigenvalue weighted by atomic mass is 32.1. The van der Waals surface area contributed by atoms with E-state index in [4.69, 9.17) is 0 Å². The third-order valence-corrected chi connectivity index (χ3v) is 5.55. The summed E-state index contributed by atoms with van der Waals surface area (Å²) in [6, 6.07) is 14.3. The first-order chi connectivity index (χ1) is 14.0. The lowest BCUT2D eigenvalue weighted by molar-refractivity contribution is 0.0693. The van der Waals surface area contributed by atoms with E-state index in [1.807, 2.05) is 35.7 Å². The molecule has 4 rings (SSSR count). The van der Waals surface area contributed by atoms with E-state index in [1.54, 1.807) is 12.1 Å². The van der Waals surface area contributed by atoms with Crippen LogP contribution < -0.4 is 4.90 Å². The number of hydrogen-bond donors (Lipinski definition) is 0. The number of benzene rings is 2. The molecule has 2 aromatic carbocycles. The van der Waals surface area contributed by atoms with Gasteiger partial charge in [-0.25, -0.2) is 4.98 Å². The zero-order chi connectivity index (χ0) is 20.5. The lowest BCUT2D eigenvalue weighted by Crippen LogP contribution is -2.31. The SMILES string of the molecule is C=CCN(C(=O)c1ccc2c(c1)C(=O)N(C)C2=O)c1nc(-c2ccccc2)cs1. The van der Waals surface area contributed by atoms with Gasteiger partial charge in [0.1, 0.15) is 0 Å². The third-order valence-electron chi connectivity index (χ3n) is 4.69. The van der Waals surface area contributed by atoms with Crippen LogP contribution in [0.15, 0.2) is 66.6 Å². The van der Waals surface area contributed by atoms with Crippen LogP contribution in [-0.2, 0) is 0 Å². The van der Waals surface area contributed by atoms with Crippen LogP contribution in [0.4, 0.5) is 5.13 Å². The molecule has 0 saturated heterocycles. The van der Waals surface area contributed by atoms with E-state index in [1.165, 1.54) is 35.4 Å². The molecule has 0 fully saturated rings. The molecule has 0 N–H and O–H groups in total. The van der Waals surface area contributed by atoms with Crippen LogP contribution in [0.1, 0.15) is 31.1 Å². The van der Waals surface area contributed by atoms with Gasteiger partial charge in [0.25, 0.3) is 17.7 Å². The molecule has 1 aromatic heterocycles. The quantitative estimate of drug-likeness (QED) is 0.479. The molecule has 7 heteroatoms. The van der Waals surface area contributed by atoms with Gasteiger partial charge in [-0.05, 0) is 18.2 Å². The average molecular weight is 403 g/mol. The Labute approximate surface area is 171 Å². The topological polar surface area (TPSA) is 70.6 Å². The summed E-state index contributed by atoms with van der Waals surface area (Å²) < 4.78 is 0. The number of amides is 3. The highest BCUT2D eigenvalue weighted by molar-refractivity contribution is 7.14. The zero-order valence-electron chi connectivity index (χ0n) is 15.7. The Hall–Kier alpha value is -3.58. The van der Waals surface area contributed by atoms with Gasteiger partial charge in [0.2, 0.25) is 0 Å². The van der Waals surface area contributed by atoms with E-state index in [0.29, 0.717) is 16.3 Å². The lowest BCUT2D eigenvalue weighted by atomic mass is 10.0. The molecule has 0 unspecified atom stereocenters. The van der Waals surface area contributed by atoms with Crippen molar-refractivity contribution >= 4 is 34.2 Å². The largest absolute Gasteiger partial charge is 0.280 e. The van der Waals surface area contributed by atoms with Crippen LogP contribution in [0, 0.1) is 0 Å². The molecule has 2 heterocycles. The Bertz CT molecular complexity index is 1140. The lowest BCUT2D eigenvalue weighted by Gasteiger charge is -2.18. The number of rotatable bonds is 5. The minimum Gasteiger partial charge on any atom is -0.280 e. The molecule has 0 atom stereocenters. The summed E-state index contributed by atoms with van der Waals surface area (Å²) in [5.41, 5.74) is 2.61. The fourth-order valence-electron chi connectivity index (χ4n) is 3.16. The van der Waals surface area contributed by atoms with Crippen molar-refractivity contribution in [3.8, 4) is 11.3 Å². The van der Waals surface area contributed by atoms with Crippen LogP contribution in [-0.4, -0.2) is 41.2 Å². The zero-order valence-corrected chi connectivity index (χ0v) is 16.5. The van der Waals surface area contributed by atoms with Crippen LogP contribution in [0.2, 0.25) is 0 Å². The maximum atomic E-state index is 13.2. The van der Waals surface area contributed by atoms with Crippen molar-refractivity contribution < 1.29 is 14.4 Å². The number of carbonyl (C=O) groups is 3. The molecule has 1 aliphatic rings. The molecule has 3 aromatic rings. The van der Waals surface area contributed by atoms with Crippen molar-refractivity contribution in [1.29, 1.82) is 0 Å². The van der Waals surface area contributed by atoms with Crippen molar-refractivity contribution in [2.24, 2.45) is 0 Å². The minimum atomic E-state index is -0.407. The maximum absolute atomic E-state index is 13.2. The first-order valence-electron chi connectivity index (χ1n) is 8.91. The van der Waals surface area contributed by atoms with E-state index in [0.717, 1.165) is 16.2 Å². The van der Waals surface area contributed by atoms with Gasteiger partial charge in [0, 0.05) is 30.1 Å². The highest BCUT2D eigenvalue weighted by Crippen LogP contribution is 2.29. The Morgan fingerprint density at radius 2 is 1.86 bits per heavy atom. The second-order valence-electron chi connectivity index (χ2n) is 6.52. The summed E-state index contributed by atoms with van der Waals surface area (Å²) in [6.45, 7) is 4.00. The number of anilines is 1. The third kappa shape index (κ3) is 3.25. The van der Waals surface area contributed by atoms with E-state index < -0.39 is 5.91 Å². The normalized spacial score (nSPS) is 12.8. The number of hydrogen-bond acceptors (Lipinski definition) is 5. The molecule has 0 saturated carbocycles. The van der Waals surface area contributed by atoms with Crippen molar-refractivity contribution in [1.82, 2.24) is 9.88 Å². The van der Waals surface area contributed by atoms with Gasteiger partial charge < -0.3 is 0 Å². The van der Waals surface area contributed by atoms with Crippen molar-refractivity contribution in [3.05, 3.63) is 83.3 Å². The predicted molar refractivity (Wildman–Crippen MR) is 112 cm³/mol. The van der Waals surface area contributed by atoms with Gasteiger partial charge in [-0.2, -0.15) is 0 Å². The van der Waals surface area contributed by atoms with Crippen LogP contribution in [0.3, 0.4) is 0 Å². The fourth-order valence-corrected chi connectivity index (χ4v) is 4.00. The molecular formula is C22H17N3O3S. The number of nitrogens with zero attached hydrogens (tertiary/aromatic N) is 3. The smallest absolute Gasteiger partial charge is 0.261 e. The number of thiazole rings is 1. The standard InChI is InChI=1S/C22H17N3O3S/c1-3-11-25(22-23-18(13-29-22)14-7-5-4-6-8-14)19(26)15-9-10-16-17(12-15)21(28)24(2)20(16)27/h3-10,12-13H,1,11H2,2H3. The van der Waals surface area contributed by atoms with E-state index in [2.05, 4.69) is 11.6 Å². The van der Waals surface area contributed by atoms with Gasteiger partial charge in [-0.3, -0.25) is 24.2 Å². The van der Waals surface area contributed by atoms with Gasteiger partial charge in [0.15, 0.2) is 5.13 Å². The predicted octanol–water partition coefficient (Wildman–Crippen LogP) is 3.87. The minimum absolute atomic E-state index is 0.242. The number of aromatic nitrogens is 1. The van der Waals surface area contributed by atoms with Crippen LogP contribution in [0.5, 0.6) is 0 Å². The fraction of sp³-hybridized carbons (Fsp3) is 0.0909. The molecule has 0 radical (unpaired) electrons. The molecule has 29 heavy (non-hydrogen) atoms. The van der Waals surface area contributed by atoms with Crippen molar-refractivity contribution in [2.45, 2.75) is 0 Å². The van der Waals surface area contributed by atoms with E-state index in [-0.39, 0.29) is 23.9 Å². The van der Waals surface area contributed by atoms with Crippen LogP contribution in [0.25, 0.3) is 11.3 Å². The van der Waals surface area contributed by atoms with Gasteiger partial charge in [-0.1, -0.05) is 36.4 Å². The summed E-state index contributed by atoms with van der Waals surface area (Å²) >= 11 is 1.36. The molecule has 0 aliphatic carbocycles. The molecule has 1 aliphatic heterocycles. The highest BCUT2D eigenvalue weighted by Gasteiger charge is 2.33. The average Bonchev–Trinajstić information content (AvgIpc) is 3.32. The maximum Gasteiger partial charge on any atom is 0.261 e. The van der Waals surface area contributed by atoms with Crippen molar-refractivity contribution in [2.75, 3.05) is 18.5 Å². The van der Waals surface area contributed by atoms with E-state index >= 15 is 0 Å². The Kier molecular flexibility index (Phi) is 4.82. The second kappa shape index (κ2) is 7.44. The van der Waals surface area contributed by atoms with Gasteiger partial charge in [0.05, 0.1) is 16.8 Å². The van der Waals surface area contributed by atoms with Gasteiger partial charge in [-0.15, -0.1) is 17.9 Å². The first-order valence-corrected chi connectivity index (χ1v) is 9.79. The first kappa shape index (κ1) is 18.8. The molecular weight excluding hydrogens is 386 g/mol. The summed E-state index contributed by atoms with van der Waals surface area (Å²) in [5.74, 6) is -1.08.